The van der Waals surface area contributed by atoms with Crippen LogP contribution in [0.5, 0.6) is 0 Å². The van der Waals surface area contributed by atoms with Crippen molar-refractivity contribution >= 4 is 11.6 Å². The second-order valence-corrected chi connectivity index (χ2v) is 2.60. The van der Waals surface area contributed by atoms with Crippen LogP contribution >= 0.6 is 0 Å². The van der Waals surface area contributed by atoms with Crippen molar-refractivity contribution in [2.24, 2.45) is 0 Å². The Morgan fingerprint density at radius 3 is 1.36 bits per heavy atom. The van der Waals surface area contributed by atoms with Gasteiger partial charge in [0.25, 0.3) is 0 Å². The topological polar surface area (TPSA) is 94.8 Å². The van der Waals surface area contributed by atoms with Crippen molar-refractivity contribution < 1.29 is 42.0 Å². The Morgan fingerprint density at radius 1 is 1.07 bits per heavy atom. The van der Waals surface area contributed by atoms with Gasteiger partial charge in [0.1, 0.15) is 17.7 Å². The Hall–Kier alpha value is -0.261. The van der Waals surface area contributed by atoms with Crippen molar-refractivity contribution in [3.8, 4) is 0 Å². The van der Waals surface area contributed by atoms with Crippen LogP contribution in [0.1, 0.15) is 20.3 Å². The molecule has 0 aliphatic rings. The largest absolute Gasteiger partial charge is 0.394 e. The number of hydrogen-bond donors (Lipinski definition) is 3. The summed E-state index contributed by atoms with van der Waals surface area (Å²) in [6.07, 6.45) is -0.870. The van der Waals surface area contributed by atoms with Crippen LogP contribution in [0.3, 0.4) is 0 Å². The maximum absolute atomic E-state index is 10.0. The van der Waals surface area contributed by atoms with Crippen LogP contribution in [0.25, 0.3) is 0 Å². The molecule has 0 unspecified atom stereocenters. The van der Waals surface area contributed by atoms with Gasteiger partial charge in [0.05, 0.1) is 19.6 Å². The molecule has 1 radical (unpaired) electrons. The molecule has 14 heavy (non-hydrogen) atoms. The smallest absolute Gasteiger partial charge is 0.137 e. The molecule has 0 aromatic heterocycles. The third kappa shape index (κ3) is 22.6. The summed E-state index contributed by atoms with van der Waals surface area (Å²) in [5.41, 5.74) is 0. The van der Waals surface area contributed by atoms with E-state index in [2.05, 4.69) is 0 Å². The van der Waals surface area contributed by atoms with Crippen LogP contribution in [-0.4, -0.2) is 46.2 Å². The second kappa shape index (κ2) is 12.7. The van der Waals surface area contributed by atoms with E-state index in [9.17, 15) is 9.59 Å². The molecule has 0 aliphatic carbocycles. The molecule has 5 nitrogen and oxygen atoms in total. The standard InChI is InChI=1S/C5H8O2.C3H8O3.Cu/c1-4(6)3-5(2)7;4-1-3(6)2-5;/h3H2,1-2H3;3-6H,1-2H2;. The minimum atomic E-state index is -0.954. The number of aliphatic hydroxyl groups is 3. The molecule has 0 saturated carbocycles. The summed E-state index contributed by atoms with van der Waals surface area (Å²) in [4.78, 5) is 20.1. The molecule has 3 N–H and O–H groups in total. The van der Waals surface area contributed by atoms with E-state index in [1.165, 1.54) is 13.8 Å². The zero-order valence-corrected chi connectivity index (χ0v) is 9.10. The van der Waals surface area contributed by atoms with Gasteiger partial charge in [0.15, 0.2) is 0 Å². The number of rotatable bonds is 4. The van der Waals surface area contributed by atoms with E-state index >= 15 is 0 Å². The average molecular weight is 256 g/mol. The monoisotopic (exact) mass is 255 g/mol. The van der Waals surface area contributed by atoms with Crippen LogP contribution in [0.4, 0.5) is 0 Å². The number of carbonyl (C=O) groups is 2. The Kier molecular flexibility index (Phi) is 17.6. The van der Waals surface area contributed by atoms with Gasteiger partial charge in [-0.3, -0.25) is 9.59 Å². The van der Waals surface area contributed by atoms with Crippen LogP contribution < -0.4 is 0 Å². The molecule has 0 aromatic rings. The summed E-state index contributed by atoms with van der Waals surface area (Å²) in [5, 5.41) is 24.0. The molecule has 0 heterocycles. The first-order chi connectivity index (χ1) is 5.93. The van der Waals surface area contributed by atoms with Gasteiger partial charge in [-0.25, -0.2) is 0 Å². The molecule has 0 aliphatic heterocycles. The first-order valence-electron chi connectivity index (χ1n) is 3.82. The van der Waals surface area contributed by atoms with Crippen molar-refractivity contribution in [2.75, 3.05) is 13.2 Å². The maximum atomic E-state index is 10.0. The maximum Gasteiger partial charge on any atom is 0.137 e. The molecule has 0 rings (SSSR count). The van der Waals surface area contributed by atoms with Gasteiger partial charge in [0, 0.05) is 17.1 Å². The Labute approximate surface area is 93.6 Å². The quantitative estimate of drug-likeness (QED) is 0.437. The zero-order valence-electron chi connectivity index (χ0n) is 8.16. The summed E-state index contributed by atoms with van der Waals surface area (Å²) >= 11 is 0. The van der Waals surface area contributed by atoms with Crippen molar-refractivity contribution in [3.05, 3.63) is 0 Å². The molecule has 0 spiro atoms. The minimum Gasteiger partial charge on any atom is -0.394 e. The van der Waals surface area contributed by atoms with Gasteiger partial charge in [-0.2, -0.15) is 0 Å². The van der Waals surface area contributed by atoms with Crippen LogP contribution in [-0.2, 0) is 26.7 Å². The minimum absolute atomic E-state index is 0. The van der Waals surface area contributed by atoms with Gasteiger partial charge in [0.2, 0.25) is 0 Å². The fraction of sp³-hybridized carbons (Fsp3) is 0.750. The van der Waals surface area contributed by atoms with Crippen LogP contribution in [0.2, 0.25) is 0 Å². The van der Waals surface area contributed by atoms with Crippen molar-refractivity contribution in [1.82, 2.24) is 0 Å². The summed E-state index contributed by atoms with van der Waals surface area (Å²) in [6, 6.07) is 0. The van der Waals surface area contributed by atoms with E-state index in [0.717, 1.165) is 0 Å². The predicted octanol–water partition coefficient (Wildman–Crippen LogP) is -1.12. The fourth-order valence-corrected chi connectivity index (χ4v) is 0.408. The summed E-state index contributed by atoms with van der Waals surface area (Å²) in [7, 11) is 0. The number of ketones is 2. The van der Waals surface area contributed by atoms with Crippen LogP contribution in [0, 0.1) is 0 Å². The number of carbonyl (C=O) groups excluding carboxylic acids is 2. The third-order valence-electron chi connectivity index (χ3n) is 0.919. The summed E-state index contributed by atoms with van der Waals surface area (Å²) < 4.78 is 0. The van der Waals surface area contributed by atoms with Gasteiger partial charge in [-0.05, 0) is 13.8 Å². The Bertz CT molecular complexity index is 144. The van der Waals surface area contributed by atoms with E-state index < -0.39 is 6.10 Å². The van der Waals surface area contributed by atoms with E-state index in [4.69, 9.17) is 15.3 Å². The average Bonchev–Trinajstić information content (AvgIpc) is 2.01. The van der Waals surface area contributed by atoms with E-state index in [0.29, 0.717) is 0 Å². The molecule has 0 aromatic carbocycles. The molecule has 0 amide bonds. The molecule has 0 bridgehead atoms. The van der Waals surface area contributed by atoms with Crippen molar-refractivity contribution in [1.29, 1.82) is 0 Å². The van der Waals surface area contributed by atoms with E-state index in [-0.39, 0.29) is 48.3 Å². The SMILES string of the molecule is CC(=O)CC(C)=O.OCC(O)CO.[Cu]. The normalized spacial score (nSPS) is 8.43. The first-order valence-corrected chi connectivity index (χ1v) is 3.82. The second-order valence-electron chi connectivity index (χ2n) is 2.60. The number of hydrogen-bond acceptors (Lipinski definition) is 5. The predicted molar refractivity (Wildman–Crippen MR) is 46.2 cm³/mol. The first kappa shape index (κ1) is 19.3. The molecular formula is C8H16CuO5. The summed E-state index contributed by atoms with van der Waals surface area (Å²) in [6.45, 7) is 2.08. The fourth-order valence-electron chi connectivity index (χ4n) is 0.408. The van der Waals surface area contributed by atoms with Gasteiger partial charge < -0.3 is 15.3 Å². The van der Waals surface area contributed by atoms with Crippen molar-refractivity contribution in [2.45, 2.75) is 26.4 Å². The van der Waals surface area contributed by atoms with E-state index in [1.807, 2.05) is 0 Å². The molecule has 6 heteroatoms. The van der Waals surface area contributed by atoms with Gasteiger partial charge in [-0.15, -0.1) is 0 Å². The molecule has 89 valence electrons. The van der Waals surface area contributed by atoms with Crippen molar-refractivity contribution in [3.63, 3.8) is 0 Å². The molecule has 0 fully saturated rings. The number of Topliss-reactive ketones (excluding diaryl/α,β-unsaturated/α-hetero) is 2. The Morgan fingerprint density at radius 2 is 1.36 bits per heavy atom. The Balaban J connectivity index is -0.000000163. The third-order valence-corrected chi connectivity index (χ3v) is 0.919. The summed E-state index contributed by atoms with van der Waals surface area (Å²) in [5.74, 6) is -0.125. The van der Waals surface area contributed by atoms with Crippen LogP contribution in [0.15, 0.2) is 0 Å². The number of aliphatic hydroxyl groups excluding tert-OH is 3. The molecular weight excluding hydrogens is 240 g/mol. The zero-order chi connectivity index (χ0) is 10.9. The molecule has 0 atom stereocenters. The molecule has 0 saturated heterocycles. The van der Waals surface area contributed by atoms with Gasteiger partial charge >= 0.3 is 0 Å². The van der Waals surface area contributed by atoms with Gasteiger partial charge in [-0.1, -0.05) is 0 Å². The van der Waals surface area contributed by atoms with E-state index in [1.54, 1.807) is 0 Å².